The van der Waals surface area contributed by atoms with Crippen LogP contribution < -0.4 is 10.2 Å². The Balaban J connectivity index is 2.10. The molecule has 0 spiro atoms. The summed E-state index contributed by atoms with van der Waals surface area (Å²) in [5.41, 5.74) is 2.27. The number of thiophene rings is 1. The quantitative estimate of drug-likeness (QED) is 0.875. The van der Waals surface area contributed by atoms with Crippen molar-refractivity contribution < 1.29 is 0 Å². The molecular formula is C15H21N3S. The molecule has 19 heavy (non-hydrogen) atoms. The highest BCUT2D eigenvalue weighted by molar-refractivity contribution is 7.09. The van der Waals surface area contributed by atoms with Crippen LogP contribution in [0, 0.1) is 0 Å². The molecule has 0 aromatic carbocycles. The zero-order valence-electron chi connectivity index (χ0n) is 11.8. The molecule has 2 rings (SSSR count). The number of rotatable bonds is 6. The van der Waals surface area contributed by atoms with Crippen LogP contribution in [-0.2, 0) is 6.54 Å². The molecule has 0 aliphatic heterocycles. The van der Waals surface area contributed by atoms with Crippen molar-refractivity contribution >= 4 is 17.0 Å². The number of anilines is 1. The van der Waals surface area contributed by atoms with E-state index in [9.17, 15) is 0 Å². The van der Waals surface area contributed by atoms with Gasteiger partial charge in [0.05, 0.1) is 24.1 Å². The molecule has 2 aromatic rings. The molecule has 0 fully saturated rings. The summed E-state index contributed by atoms with van der Waals surface area (Å²) < 4.78 is 0. The van der Waals surface area contributed by atoms with Crippen molar-refractivity contribution in [2.24, 2.45) is 0 Å². The van der Waals surface area contributed by atoms with Crippen LogP contribution in [0.25, 0.3) is 0 Å². The van der Waals surface area contributed by atoms with Gasteiger partial charge < -0.3 is 10.2 Å². The van der Waals surface area contributed by atoms with E-state index in [1.54, 1.807) is 11.3 Å². The Labute approximate surface area is 119 Å². The molecule has 1 N–H and O–H groups in total. The third-order valence-corrected chi connectivity index (χ3v) is 4.18. The van der Waals surface area contributed by atoms with E-state index >= 15 is 0 Å². The number of nitrogens with one attached hydrogen (secondary N) is 1. The lowest BCUT2D eigenvalue weighted by Gasteiger charge is -2.22. The van der Waals surface area contributed by atoms with Crippen LogP contribution in [0.3, 0.4) is 0 Å². The molecule has 0 bridgehead atoms. The van der Waals surface area contributed by atoms with Gasteiger partial charge in [0.25, 0.3) is 0 Å². The van der Waals surface area contributed by atoms with Crippen LogP contribution in [0.5, 0.6) is 0 Å². The zero-order chi connectivity index (χ0) is 13.7. The van der Waals surface area contributed by atoms with Crippen molar-refractivity contribution in [1.29, 1.82) is 0 Å². The van der Waals surface area contributed by atoms with Gasteiger partial charge in [0, 0.05) is 17.5 Å². The summed E-state index contributed by atoms with van der Waals surface area (Å²) in [6.07, 6.45) is 1.97. The van der Waals surface area contributed by atoms with Gasteiger partial charge in [-0.05, 0) is 44.5 Å². The molecular weight excluding hydrogens is 254 g/mol. The molecule has 3 nitrogen and oxygen atoms in total. The minimum absolute atomic E-state index is 0.293. The number of aromatic nitrogens is 1. The van der Waals surface area contributed by atoms with Gasteiger partial charge in [-0.3, -0.25) is 4.98 Å². The third-order valence-electron chi connectivity index (χ3n) is 3.32. The fourth-order valence-electron chi connectivity index (χ4n) is 1.96. The standard InChI is InChI=1S/C15H21N3S/c1-4-18(11-14-6-5-9-19-14)13-7-8-15(17-10-13)12(2)16-3/h5-10,12,16H,4,11H2,1-3H3. The van der Waals surface area contributed by atoms with Gasteiger partial charge in [0.15, 0.2) is 0 Å². The summed E-state index contributed by atoms with van der Waals surface area (Å²) >= 11 is 1.80. The van der Waals surface area contributed by atoms with Gasteiger partial charge >= 0.3 is 0 Å². The molecule has 4 heteroatoms. The predicted octanol–water partition coefficient (Wildman–Crippen LogP) is 3.45. The molecule has 102 valence electrons. The smallest absolute Gasteiger partial charge is 0.0571 e. The molecule has 0 amide bonds. The normalized spacial score (nSPS) is 12.4. The van der Waals surface area contributed by atoms with Crippen LogP contribution >= 0.6 is 11.3 Å². The monoisotopic (exact) mass is 275 g/mol. The lowest BCUT2D eigenvalue weighted by molar-refractivity contribution is 0.632. The van der Waals surface area contributed by atoms with Gasteiger partial charge in [-0.25, -0.2) is 0 Å². The number of nitrogens with zero attached hydrogens (tertiary/aromatic N) is 2. The van der Waals surface area contributed by atoms with E-state index in [1.807, 2.05) is 13.2 Å². The summed E-state index contributed by atoms with van der Waals surface area (Å²) in [6.45, 7) is 6.24. The topological polar surface area (TPSA) is 28.2 Å². The molecule has 0 radical (unpaired) electrons. The van der Waals surface area contributed by atoms with E-state index in [4.69, 9.17) is 0 Å². The summed E-state index contributed by atoms with van der Waals surface area (Å²) in [4.78, 5) is 8.27. The Kier molecular flexibility index (Phi) is 4.93. The molecule has 0 aliphatic carbocycles. The Morgan fingerprint density at radius 2 is 2.21 bits per heavy atom. The second-order valence-corrected chi connectivity index (χ2v) is 5.58. The second-order valence-electron chi connectivity index (χ2n) is 4.55. The largest absolute Gasteiger partial charge is 0.365 e. The molecule has 0 aliphatic rings. The Morgan fingerprint density at radius 1 is 1.37 bits per heavy atom. The van der Waals surface area contributed by atoms with Crippen molar-refractivity contribution in [2.75, 3.05) is 18.5 Å². The summed E-state index contributed by atoms with van der Waals surface area (Å²) in [5.74, 6) is 0. The van der Waals surface area contributed by atoms with Gasteiger partial charge in [-0.15, -0.1) is 11.3 Å². The number of pyridine rings is 1. The Morgan fingerprint density at radius 3 is 2.74 bits per heavy atom. The maximum absolute atomic E-state index is 4.55. The average molecular weight is 275 g/mol. The highest BCUT2D eigenvalue weighted by Gasteiger charge is 2.08. The fraction of sp³-hybridized carbons (Fsp3) is 0.400. The van der Waals surface area contributed by atoms with Gasteiger partial charge in [-0.2, -0.15) is 0 Å². The first kappa shape index (κ1) is 14.0. The predicted molar refractivity (Wildman–Crippen MR) is 82.8 cm³/mol. The Bertz CT molecular complexity index is 479. The summed E-state index contributed by atoms with van der Waals surface area (Å²) in [6, 6.07) is 8.84. The van der Waals surface area contributed by atoms with E-state index < -0.39 is 0 Å². The Hall–Kier alpha value is -1.39. The van der Waals surface area contributed by atoms with Gasteiger partial charge in [-0.1, -0.05) is 6.07 Å². The van der Waals surface area contributed by atoms with E-state index in [1.165, 1.54) is 10.6 Å². The van der Waals surface area contributed by atoms with Crippen molar-refractivity contribution in [3.63, 3.8) is 0 Å². The minimum atomic E-state index is 0.293. The molecule has 2 heterocycles. The molecule has 1 unspecified atom stereocenters. The average Bonchev–Trinajstić information content (AvgIpc) is 2.97. The van der Waals surface area contributed by atoms with E-state index in [-0.39, 0.29) is 0 Å². The lowest BCUT2D eigenvalue weighted by atomic mass is 10.2. The molecule has 1 atom stereocenters. The maximum Gasteiger partial charge on any atom is 0.0571 e. The van der Waals surface area contributed by atoms with Crippen molar-refractivity contribution in [1.82, 2.24) is 10.3 Å². The van der Waals surface area contributed by atoms with Crippen molar-refractivity contribution in [2.45, 2.75) is 26.4 Å². The number of hydrogen-bond acceptors (Lipinski definition) is 4. The van der Waals surface area contributed by atoms with Gasteiger partial charge in [0.2, 0.25) is 0 Å². The third kappa shape index (κ3) is 3.55. The van der Waals surface area contributed by atoms with Crippen LogP contribution in [0.15, 0.2) is 35.8 Å². The van der Waals surface area contributed by atoms with E-state index in [2.05, 4.69) is 58.7 Å². The first-order valence-electron chi connectivity index (χ1n) is 6.65. The maximum atomic E-state index is 4.55. The number of hydrogen-bond donors (Lipinski definition) is 1. The summed E-state index contributed by atoms with van der Waals surface area (Å²) in [7, 11) is 1.95. The fourth-order valence-corrected chi connectivity index (χ4v) is 2.68. The molecule has 0 saturated carbocycles. The van der Waals surface area contributed by atoms with Crippen LogP contribution in [0.1, 0.15) is 30.5 Å². The second kappa shape index (κ2) is 6.68. The highest BCUT2D eigenvalue weighted by Crippen LogP contribution is 2.20. The van der Waals surface area contributed by atoms with Crippen LogP contribution in [-0.4, -0.2) is 18.6 Å². The zero-order valence-corrected chi connectivity index (χ0v) is 12.6. The van der Waals surface area contributed by atoms with Crippen LogP contribution in [0.2, 0.25) is 0 Å². The minimum Gasteiger partial charge on any atom is -0.365 e. The first-order chi connectivity index (χ1) is 9.24. The van der Waals surface area contributed by atoms with E-state index in [0.29, 0.717) is 6.04 Å². The molecule has 2 aromatic heterocycles. The van der Waals surface area contributed by atoms with E-state index in [0.717, 1.165) is 18.8 Å². The van der Waals surface area contributed by atoms with Crippen LogP contribution in [0.4, 0.5) is 5.69 Å². The lowest BCUT2D eigenvalue weighted by Crippen LogP contribution is -2.22. The summed E-state index contributed by atoms with van der Waals surface area (Å²) in [5, 5.41) is 5.33. The van der Waals surface area contributed by atoms with Crippen molar-refractivity contribution in [3.05, 3.63) is 46.4 Å². The SMILES string of the molecule is CCN(Cc1cccs1)c1ccc(C(C)NC)nc1. The van der Waals surface area contributed by atoms with Gasteiger partial charge in [0.1, 0.15) is 0 Å². The van der Waals surface area contributed by atoms with Crippen molar-refractivity contribution in [3.8, 4) is 0 Å². The first-order valence-corrected chi connectivity index (χ1v) is 7.53. The highest BCUT2D eigenvalue weighted by atomic mass is 32.1. The molecule has 0 saturated heterocycles.